The zero-order valence-corrected chi connectivity index (χ0v) is 11.1. The van der Waals surface area contributed by atoms with E-state index >= 15 is 0 Å². The SMILES string of the molecule is C=C1C=CN([C@@H]2O[C@@](CO)(N=[N+]=[N-])[C@@H](O)[C@@]2(C)F)C(=O)N1. The Bertz CT molecular complexity index is 559. The number of urea groups is 1. The lowest BCUT2D eigenvalue weighted by atomic mass is 9.94. The number of aliphatic hydroxyl groups excluding tert-OH is 2. The third kappa shape index (κ3) is 2.24. The number of halogens is 1. The summed E-state index contributed by atoms with van der Waals surface area (Å²) in [5.74, 6) is 0. The zero-order valence-electron chi connectivity index (χ0n) is 11.1. The molecule has 0 saturated carbocycles. The normalized spacial score (nSPS) is 39.1. The van der Waals surface area contributed by atoms with Crippen LogP contribution in [0.2, 0.25) is 0 Å². The molecule has 2 amide bonds. The number of rotatable bonds is 3. The lowest BCUT2D eigenvalue weighted by Gasteiger charge is -2.33. The molecule has 0 radical (unpaired) electrons. The second kappa shape index (κ2) is 5.01. The number of ether oxygens (including phenoxy) is 1. The summed E-state index contributed by atoms with van der Waals surface area (Å²) >= 11 is 0. The van der Waals surface area contributed by atoms with Gasteiger partial charge in [-0.1, -0.05) is 11.7 Å². The van der Waals surface area contributed by atoms with Gasteiger partial charge in [0, 0.05) is 16.8 Å². The van der Waals surface area contributed by atoms with Gasteiger partial charge in [0.2, 0.25) is 5.72 Å². The average Bonchev–Trinajstić information content (AvgIpc) is 2.61. The van der Waals surface area contributed by atoms with Crippen LogP contribution >= 0.6 is 0 Å². The molecule has 1 fully saturated rings. The Morgan fingerprint density at radius 2 is 2.43 bits per heavy atom. The number of nitrogens with one attached hydrogen (secondary N) is 1. The number of hydrogen-bond acceptors (Lipinski definition) is 5. The van der Waals surface area contributed by atoms with Crippen molar-refractivity contribution in [2.45, 2.75) is 30.6 Å². The Morgan fingerprint density at radius 1 is 1.76 bits per heavy atom. The standard InChI is InChI=1S/C11H14FN5O4/c1-6-3-4-17(9(20)14-6)8-10(2,12)7(19)11(5-18,21-8)15-16-13/h3-4,7-8,18-19H,1,5H2,2H3,(H,14,20)/t7-,8+,10+,11+/m0/s1. The summed E-state index contributed by atoms with van der Waals surface area (Å²) in [7, 11) is 0. The number of carbonyl (C=O) groups is 1. The van der Waals surface area contributed by atoms with Crippen LogP contribution in [0, 0.1) is 0 Å². The fraction of sp³-hybridized carbons (Fsp3) is 0.545. The Labute approximate surface area is 118 Å². The van der Waals surface area contributed by atoms with Crippen molar-refractivity contribution in [1.29, 1.82) is 0 Å². The van der Waals surface area contributed by atoms with Gasteiger partial charge in [0.1, 0.15) is 6.10 Å². The van der Waals surface area contributed by atoms with Crippen LogP contribution in [0.4, 0.5) is 9.18 Å². The molecule has 2 aliphatic rings. The molecule has 2 aliphatic heterocycles. The van der Waals surface area contributed by atoms with Crippen LogP contribution in [-0.4, -0.2) is 51.5 Å². The predicted octanol–water partition coefficient (Wildman–Crippen LogP) is 0.483. The fourth-order valence-corrected chi connectivity index (χ4v) is 2.25. The average molecular weight is 299 g/mol. The third-order valence-electron chi connectivity index (χ3n) is 3.39. The first-order valence-electron chi connectivity index (χ1n) is 5.97. The first-order valence-corrected chi connectivity index (χ1v) is 5.97. The molecule has 3 N–H and O–H groups in total. The predicted molar refractivity (Wildman–Crippen MR) is 68.0 cm³/mol. The largest absolute Gasteiger partial charge is 0.393 e. The Morgan fingerprint density at radius 3 is 2.95 bits per heavy atom. The molecule has 10 heteroatoms. The van der Waals surface area contributed by atoms with Gasteiger partial charge < -0.3 is 20.3 Å². The van der Waals surface area contributed by atoms with Crippen molar-refractivity contribution in [1.82, 2.24) is 10.2 Å². The van der Waals surface area contributed by atoms with Crippen molar-refractivity contribution < 1.29 is 24.1 Å². The molecule has 0 aromatic carbocycles. The summed E-state index contributed by atoms with van der Waals surface area (Å²) in [5.41, 5.74) is 4.14. The highest BCUT2D eigenvalue weighted by Gasteiger charge is 2.64. The minimum Gasteiger partial charge on any atom is -0.393 e. The van der Waals surface area contributed by atoms with Gasteiger partial charge >= 0.3 is 6.03 Å². The molecule has 0 spiro atoms. The van der Waals surface area contributed by atoms with Crippen molar-refractivity contribution in [2.24, 2.45) is 5.11 Å². The summed E-state index contributed by atoms with van der Waals surface area (Å²) in [4.78, 5) is 15.2. The molecule has 9 nitrogen and oxygen atoms in total. The Balaban J connectivity index is 2.41. The van der Waals surface area contributed by atoms with Crippen molar-refractivity contribution >= 4 is 6.03 Å². The number of aliphatic hydroxyl groups is 2. The molecule has 1 saturated heterocycles. The number of nitrogens with zero attached hydrogens (tertiary/aromatic N) is 4. The van der Waals surface area contributed by atoms with E-state index in [4.69, 9.17) is 10.3 Å². The van der Waals surface area contributed by atoms with Gasteiger partial charge in [0.25, 0.3) is 0 Å². The summed E-state index contributed by atoms with van der Waals surface area (Å²) in [6.07, 6.45) is -0.920. The van der Waals surface area contributed by atoms with Crippen LogP contribution in [0.15, 0.2) is 29.7 Å². The maximum absolute atomic E-state index is 14.8. The van der Waals surface area contributed by atoms with Gasteiger partial charge in [0.05, 0.1) is 6.61 Å². The molecule has 0 aliphatic carbocycles. The number of hydrogen-bond donors (Lipinski definition) is 3. The molecule has 2 heterocycles. The van der Waals surface area contributed by atoms with Crippen LogP contribution in [-0.2, 0) is 4.74 Å². The van der Waals surface area contributed by atoms with E-state index in [-0.39, 0.29) is 0 Å². The summed E-state index contributed by atoms with van der Waals surface area (Å²) in [6, 6.07) is -0.724. The molecule has 114 valence electrons. The summed E-state index contributed by atoms with van der Waals surface area (Å²) in [6.45, 7) is 3.55. The minimum atomic E-state index is -2.47. The van der Waals surface area contributed by atoms with Crippen LogP contribution in [0.5, 0.6) is 0 Å². The fourth-order valence-electron chi connectivity index (χ4n) is 2.25. The maximum Gasteiger partial charge on any atom is 0.328 e. The van der Waals surface area contributed by atoms with Crippen molar-refractivity contribution in [3.05, 3.63) is 35.0 Å². The van der Waals surface area contributed by atoms with Gasteiger partial charge in [0.15, 0.2) is 11.9 Å². The van der Waals surface area contributed by atoms with Crippen molar-refractivity contribution in [3.63, 3.8) is 0 Å². The maximum atomic E-state index is 14.8. The quantitative estimate of drug-likeness (QED) is 0.397. The van der Waals surface area contributed by atoms with E-state index in [1.54, 1.807) is 0 Å². The topological polar surface area (TPSA) is 131 Å². The van der Waals surface area contributed by atoms with Crippen LogP contribution in [0.25, 0.3) is 10.4 Å². The Hall–Kier alpha value is -2.13. The number of allylic oxidation sites excluding steroid dienone is 1. The van der Waals surface area contributed by atoms with Crippen molar-refractivity contribution in [3.8, 4) is 0 Å². The van der Waals surface area contributed by atoms with E-state index in [0.717, 1.165) is 11.8 Å². The molecular formula is C11H14FN5O4. The van der Waals surface area contributed by atoms with E-state index in [0.29, 0.717) is 5.70 Å². The molecule has 0 aromatic heterocycles. The zero-order chi connectivity index (χ0) is 15.8. The first-order chi connectivity index (χ1) is 9.78. The van der Waals surface area contributed by atoms with Crippen LogP contribution in [0.3, 0.4) is 0 Å². The summed E-state index contributed by atoms with van der Waals surface area (Å²) in [5, 5.41) is 24.8. The van der Waals surface area contributed by atoms with Gasteiger partial charge in [-0.25, -0.2) is 9.18 Å². The molecule has 0 unspecified atom stereocenters. The monoisotopic (exact) mass is 299 g/mol. The smallest absolute Gasteiger partial charge is 0.328 e. The highest BCUT2D eigenvalue weighted by atomic mass is 19.1. The van der Waals surface area contributed by atoms with Gasteiger partial charge in [-0.05, 0) is 18.5 Å². The molecule has 4 atom stereocenters. The van der Waals surface area contributed by atoms with E-state index in [9.17, 15) is 19.4 Å². The number of azide groups is 1. The number of alkyl halides is 1. The van der Waals surface area contributed by atoms with Crippen LogP contribution in [0.1, 0.15) is 6.92 Å². The lowest BCUT2D eigenvalue weighted by molar-refractivity contribution is -0.129. The molecule has 21 heavy (non-hydrogen) atoms. The van der Waals surface area contributed by atoms with Crippen molar-refractivity contribution in [2.75, 3.05) is 6.61 Å². The van der Waals surface area contributed by atoms with E-state index in [2.05, 4.69) is 21.9 Å². The number of amides is 2. The van der Waals surface area contributed by atoms with Gasteiger partial charge in [-0.3, -0.25) is 4.90 Å². The second-order valence-corrected chi connectivity index (χ2v) is 4.89. The first kappa shape index (κ1) is 15.3. The van der Waals surface area contributed by atoms with Crippen LogP contribution < -0.4 is 5.32 Å². The summed E-state index contributed by atoms with van der Waals surface area (Å²) < 4.78 is 20.0. The highest BCUT2D eigenvalue weighted by Crippen LogP contribution is 2.43. The van der Waals surface area contributed by atoms with Gasteiger partial charge in [-0.15, -0.1) is 0 Å². The van der Waals surface area contributed by atoms with Gasteiger partial charge in [-0.2, -0.15) is 0 Å². The Kier molecular flexibility index (Phi) is 3.64. The third-order valence-corrected chi connectivity index (χ3v) is 3.39. The van der Waals surface area contributed by atoms with E-state index in [1.165, 1.54) is 12.3 Å². The van der Waals surface area contributed by atoms with E-state index in [1.807, 2.05) is 0 Å². The molecule has 0 bridgehead atoms. The molecule has 2 rings (SSSR count). The minimum absolute atomic E-state index is 0.304. The van der Waals surface area contributed by atoms with E-state index < -0.39 is 36.4 Å². The molecule has 0 aromatic rings. The molecular weight excluding hydrogens is 285 g/mol. The lowest BCUT2D eigenvalue weighted by Crippen LogP contribution is -2.54. The second-order valence-electron chi connectivity index (χ2n) is 4.89. The highest BCUT2D eigenvalue weighted by molar-refractivity contribution is 5.79. The number of carbonyl (C=O) groups excluding carboxylic acids is 1.